The van der Waals surface area contributed by atoms with E-state index < -0.39 is 0 Å². The lowest BCUT2D eigenvalue weighted by Gasteiger charge is -2.11. The van der Waals surface area contributed by atoms with Gasteiger partial charge < -0.3 is 10.1 Å². The Morgan fingerprint density at radius 2 is 1.85 bits per heavy atom. The number of benzene rings is 2. The minimum atomic E-state index is -0.250. The second-order valence-corrected chi connectivity index (χ2v) is 4.36. The third kappa shape index (κ3) is 3.85. The minimum absolute atomic E-state index is 0.250. The number of hydrogen-bond donors (Lipinski definition) is 1. The van der Waals surface area contributed by atoms with Crippen LogP contribution in [0.1, 0.15) is 5.56 Å². The quantitative estimate of drug-likeness (QED) is 0.606. The molecule has 2 aromatic carbocycles. The van der Waals surface area contributed by atoms with Gasteiger partial charge in [0.15, 0.2) is 0 Å². The van der Waals surface area contributed by atoms with Crippen LogP contribution in [-0.2, 0) is 6.42 Å². The minimum Gasteiger partial charge on any atom is -0.491 e. The fraction of sp³-hybridized carbons (Fsp3) is 0.176. The third-order valence-corrected chi connectivity index (χ3v) is 2.89. The highest BCUT2D eigenvalue weighted by Gasteiger charge is 2.02. The molecule has 0 radical (unpaired) electrons. The molecule has 1 N–H and O–H groups in total. The van der Waals surface area contributed by atoms with E-state index in [2.05, 4.69) is 11.9 Å². The summed E-state index contributed by atoms with van der Waals surface area (Å²) >= 11 is 0. The summed E-state index contributed by atoms with van der Waals surface area (Å²) in [6, 6.07) is 14.5. The van der Waals surface area contributed by atoms with Gasteiger partial charge in [0.25, 0.3) is 0 Å². The summed E-state index contributed by atoms with van der Waals surface area (Å²) in [5.74, 6) is 0.599. The highest BCUT2D eigenvalue weighted by molar-refractivity contribution is 5.44. The van der Waals surface area contributed by atoms with Crippen LogP contribution in [0.2, 0.25) is 0 Å². The summed E-state index contributed by atoms with van der Waals surface area (Å²) in [7, 11) is 0. The Balaban J connectivity index is 1.84. The van der Waals surface area contributed by atoms with Gasteiger partial charge in [-0.15, -0.1) is 6.58 Å². The van der Waals surface area contributed by atoms with Crippen LogP contribution < -0.4 is 10.1 Å². The second-order valence-electron chi connectivity index (χ2n) is 4.36. The number of ether oxygens (including phenoxy) is 1. The first-order chi connectivity index (χ1) is 9.81. The van der Waals surface area contributed by atoms with Crippen molar-refractivity contribution in [3.05, 3.63) is 72.6 Å². The van der Waals surface area contributed by atoms with E-state index in [0.29, 0.717) is 18.8 Å². The predicted octanol–water partition coefficient (Wildman–Crippen LogP) is 4.05. The molecule has 104 valence electrons. The number of para-hydroxylation sites is 2. The SMILES string of the molecule is C=CCc1ccccc1OCCNc1ccccc1F. The van der Waals surface area contributed by atoms with Gasteiger partial charge >= 0.3 is 0 Å². The van der Waals surface area contributed by atoms with Crippen molar-refractivity contribution >= 4 is 5.69 Å². The molecule has 20 heavy (non-hydrogen) atoms. The molecule has 2 aromatic rings. The number of allylic oxidation sites excluding steroid dienone is 1. The first-order valence-electron chi connectivity index (χ1n) is 6.61. The third-order valence-electron chi connectivity index (χ3n) is 2.89. The molecule has 0 fully saturated rings. The summed E-state index contributed by atoms with van der Waals surface area (Å²) < 4.78 is 19.1. The Bertz CT molecular complexity index is 568. The summed E-state index contributed by atoms with van der Waals surface area (Å²) in [6.45, 7) is 4.75. The van der Waals surface area contributed by atoms with Crippen LogP contribution in [0.15, 0.2) is 61.2 Å². The molecule has 0 aliphatic heterocycles. The lowest BCUT2D eigenvalue weighted by Crippen LogP contribution is -2.12. The van der Waals surface area contributed by atoms with Crippen molar-refractivity contribution in [2.45, 2.75) is 6.42 Å². The maximum Gasteiger partial charge on any atom is 0.146 e. The average Bonchev–Trinajstić information content (AvgIpc) is 2.47. The number of nitrogens with one attached hydrogen (secondary N) is 1. The Kier molecular flexibility index (Phi) is 5.18. The van der Waals surface area contributed by atoms with Crippen molar-refractivity contribution in [2.24, 2.45) is 0 Å². The molecule has 0 spiro atoms. The first-order valence-corrected chi connectivity index (χ1v) is 6.61. The van der Waals surface area contributed by atoms with Gasteiger partial charge in [0.2, 0.25) is 0 Å². The maximum absolute atomic E-state index is 13.4. The number of anilines is 1. The van der Waals surface area contributed by atoms with Crippen molar-refractivity contribution in [3.63, 3.8) is 0 Å². The van der Waals surface area contributed by atoms with Gasteiger partial charge in [-0.25, -0.2) is 4.39 Å². The fourth-order valence-corrected chi connectivity index (χ4v) is 1.92. The highest BCUT2D eigenvalue weighted by atomic mass is 19.1. The zero-order valence-corrected chi connectivity index (χ0v) is 11.3. The molecular weight excluding hydrogens is 253 g/mol. The van der Waals surface area contributed by atoms with E-state index in [4.69, 9.17) is 4.74 Å². The summed E-state index contributed by atoms with van der Waals surface area (Å²) in [6.07, 6.45) is 2.62. The molecule has 0 aliphatic carbocycles. The van der Waals surface area contributed by atoms with Crippen LogP contribution in [-0.4, -0.2) is 13.2 Å². The zero-order valence-electron chi connectivity index (χ0n) is 11.3. The first kappa shape index (κ1) is 14.1. The van der Waals surface area contributed by atoms with E-state index in [0.717, 1.165) is 17.7 Å². The Morgan fingerprint density at radius 1 is 1.10 bits per heavy atom. The molecule has 0 unspecified atom stereocenters. The number of halogens is 1. The molecule has 0 aliphatic rings. The van der Waals surface area contributed by atoms with E-state index in [1.807, 2.05) is 30.3 Å². The van der Waals surface area contributed by atoms with Crippen LogP contribution in [0.3, 0.4) is 0 Å². The number of hydrogen-bond acceptors (Lipinski definition) is 2. The van der Waals surface area contributed by atoms with E-state index >= 15 is 0 Å². The van der Waals surface area contributed by atoms with Gasteiger partial charge in [-0.2, -0.15) is 0 Å². The van der Waals surface area contributed by atoms with Crippen LogP contribution in [0.5, 0.6) is 5.75 Å². The number of rotatable bonds is 7. The highest BCUT2D eigenvalue weighted by Crippen LogP contribution is 2.18. The monoisotopic (exact) mass is 271 g/mol. The van der Waals surface area contributed by atoms with Crippen LogP contribution in [0.4, 0.5) is 10.1 Å². The van der Waals surface area contributed by atoms with Crippen LogP contribution in [0, 0.1) is 5.82 Å². The van der Waals surface area contributed by atoms with E-state index in [-0.39, 0.29) is 5.82 Å². The molecular formula is C17H18FNO. The van der Waals surface area contributed by atoms with E-state index in [9.17, 15) is 4.39 Å². The van der Waals surface area contributed by atoms with Gasteiger partial charge in [0.1, 0.15) is 18.2 Å². The standard InChI is InChI=1S/C17H18FNO/c1-2-7-14-8-3-6-11-17(14)20-13-12-19-16-10-5-4-9-15(16)18/h2-6,8-11,19H,1,7,12-13H2. The zero-order chi connectivity index (χ0) is 14.2. The van der Waals surface area contributed by atoms with E-state index in [1.165, 1.54) is 6.07 Å². The lowest BCUT2D eigenvalue weighted by molar-refractivity contribution is 0.330. The molecule has 0 bridgehead atoms. The van der Waals surface area contributed by atoms with Crippen molar-refractivity contribution in [1.82, 2.24) is 0 Å². The molecule has 0 amide bonds. The molecule has 0 saturated carbocycles. The van der Waals surface area contributed by atoms with Crippen molar-refractivity contribution in [2.75, 3.05) is 18.5 Å². The van der Waals surface area contributed by atoms with Crippen molar-refractivity contribution in [3.8, 4) is 5.75 Å². The normalized spacial score (nSPS) is 10.1. The lowest BCUT2D eigenvalue weighted by atomic mass is 10.1. The Labute approximate surface area is 118 Å². The summed E-state index contributed by atoms with van der Waals surface area (Å²) in [5, 5.41) is 3.01. The molecule has 0 saturated heterocycles. The smallest absolute Gasteiger partial charge is 0.146 e. The summed E-state index contributed by atoms with van der Waals surface area (Å²) in [4.78, 5) is 0. The molecule has 0 aromatic heterocycles. The summed E-state index contributed by atoms with van der Waals surface area (Å²) in [5.41, 5.74) is 1.60. The Morgan fingerprint density at radius 3 is 2.65 bits per heavy atom. The largest absolute Gasteiger partial charge is 0.491 e. The Hall–Kier alpha value is -2.29. The van der Waals surface area contributed by atoms with Crippen LogP contribution >= 0.6 is 0 Å². The average molecular weight is 271 g/mol. The van der Waals surface area contributed by atoms with E-state index in [1.54, 1.807) is 18.2 Å². The maximum atomic E-state index is 13.4. The van der Waals surface area contributed by atoms with Crippen molar-refractivity contribution in [1.29, 1.82) is 0 Å². The van der Waals surface area contributed by atoms with Gasteiger partial charge in [0, 0.05) is 6.54 Å². The topological polar surface area (TPSA) is 21.3 Å². The fourth-order valence-electron chi connectivity index (χ4n) is 1.92. The second kappa shape index (κ2) is 7.34. The molecule has 2 nitrogen and oxygen atoms in total. The molecule has 0 atom stereocenters. The van der Waals surface area contributed by atoms with Gasteiger partial charge in [-0.1, -0.05) is 36.4 Å². The van der Waals surface area contributed by atoms with Gasteiger partial charge in [0.05, 0.1) is 5.69 Å². The molecule has 2 rings (SSSR count). The van der Waals surface area contributed by atoms with Crippen molar-refractivity contribution < 1.29 is 9.13 Å². The van der Waals surface area contributed by atoms with Gasteiger partial charge in [-0.05, 0) is 30.2 Å². The molecule has 3 heteroatoms. The molecule has 0 heterocycles. The van der Waals surface area contributed by atoms with Crippen LogP contribution in [0.25, 0.3) is 0 Å². The predicted molar refractivity (Wildman–Crippen MR) is 80.7 cm³/mol. The van der Waals surface area contributed by atoms with Gasteiger partial charge in [-0.3, -0.25) is 0 Å².